The third-order valence-corrected chi connectivity index (χ3v) is 3.85. The van der Waals surface area contributed by atoms with Crippen LogP contribution in [0.4, 0.5) is 0 Å². The van der Waals surface area contributed by atoms with Gasteiger partial charge < -0.3 is 20.3 Å². The molecule has 104 valence electrons. The molecule has 0 aliphatic carbocycles. The average Bonchev–Trinajstić information content (AvgIpc) is 2.43. The van der Waals surface area contributed by atoms with Gasteiger partial charge in [-0.05, 0) is 39.0 Å². The maximum Gasteiger partial charge on any atom is 0.164 e. The van der Waals surface area contributed by atoms with E-state index < -0.39 is 0 Å². The van der Waals surface area contributed by atoms with Crippen molar-refractivity contribution in [1.29, 1.82) is 0 Å². The molecule has 0 saturated heterocycles. The summed E-state index contributed by atoms with van der Waals surface area (Å²) in [5, 5.41) is 10.4. The highest BCUT2D eigenvalue weighted by molar-refractivity contribution is 5.63. The Morgan fingerprint density at radius 1 is 1.11 bits per heavy atom. The molecule has 0 radical (unpaired) electrons. The standard InChI is InChI=1S/C15H21NO3/c1-9(16)8-12-10-4-2-7-19-15(10)13(17)11-5-3-6-18-14(11)12/h9,17H,2-8,16H2,1H3. The van der Waals surface area contributed by atoms with Crippen molar-refractivity contribution in [3.05, 3.63) is 16.7 Å². The Morgan fingerprint density at radius 3 is 2.42 bits per heavy atom. The predicted molar refractivity (Wildman–Crippen MR) is 73.1 cm³/mol. The Bertz CT molecular complexity index is 460. The lowest BCUT2D eigenvalue weighted by Crippen LogP contribution is -2.23. The van der Waals surface area contributed by atoms with E-state index in [0.717, 1.165) is 61.2 Å². The largest absolute Gasteiger partial charge is 0.504 e. The van der Waals surface area contributed by atoms with Crippen LogP contribution in [0.25, 0.3) is 0 Å². The monoisotopic (exact) mass is 263 g/mol. The molecule has 19 heavy (non-hydrogen) atoms. The summed E-state index contributed by atoms with van der Waals surface area (Å²) in [7, 11) is 0. The summed E-state index contributed by atoms with van der Waals surface area (Å²) in [6.07, 6.45) is 4.48. The van der Waals surface area contributed by atoms with E-state index in [1.807, 2.05) is 6.92 Å². The maximum absolute atomic E-state index is 10.4. The van der Waals surface area contributed by atoms with Crippen molar-refractivity contribution in [3.8, 4) is 17.2 Å². The molecule has 0 fully saturated rings. The highest BCUT2D eigenvalue weighted by Gasteiger charge is 2.29. The second-order valence-corrected chi connectivity index (χ2v) is 5.53. The lowest BCUT2D eigenvalue weighted by atomic mass is 9.89. The zero-order chi connectivity index (χ0) is 13.4. The number of rotatable bonds is 2. The minimum Gasteiger partial charge on any atom is -0.504 e. The van der Waals surface area contributed by atoms with Crippen LogP contribution in [0.2, 0.25) is 0 Å². The molecule has 1 unspecified atom stereocenters. The van der Waals surface area contributed by atoms with Crippen LogP contribution in [-0.4, -0.2) is 24.4 Å². The lowest BCUT2D eigenvalue weighted by Gasteiger charge is -2.29. The Kier molecular flexibility index (Phi) is 3.27. The van der Waals surface area contributed by atoms with Crippen molar-refractivity contribution < 1.29 is 14.6 Å². The van der Waals surface area contributed by atoms with Gasteiger partial charge in [0.2, 0.25) is 0 Å². The summed E-state index contributed by atoms with van der Waals surface area (Å²) in [6, 6.07) is 0.0743. The number of phenolic OH excluding ortho intramolecular Hbond substituents is 1. The third-order valence-electron chi connectivity index (χ3n) is 3.85. The highest BCUT2D eigenvalue weighted by Crippen LogP contribution is 2.47. The van der Waals surface area contributed by atoms with Gasteiger partial charge in [-0.3, -0.25) is 0 Å². The van der Waals surface area contributed by atoms with E-state index in [2.05, 4.69) is 0 Å². The molecule has 2 heterocycles. The number of phenols is 1. The first-order valence-corrected chi connectivity index (χ1v) is 7.09. The van der Waals surface area contributed by atoms with Crippen LogP contribution in [-0.2, 0) is 19.3 Å². The number of hydrogen-bond acceptors (Lipinski definition) is 4. The molecule has 1 atom stereocenters. The fourth-order valence-electron chi connectivity index (χ4n) is 3.05. The van der Waals surface area contributed by atoms with Crippen LogP contribution in [0.15, 0.2) is 0 Å². The van der Waals surface area contributed by atoms with E-state index in [9.17, 15) is 5.11 Å². The summed E-state index contributed by atoms with van der Waals surface area (Å²) in [4.78, 5) is 0. The van der Waals surface area contributed by atoms with Crippen molar-refractivity contribution in [1.82, 2.24) is 0 Å². The normalized spacial score (nSPS) is 18.8. The van der Waals surface area contributed by atoms with Gasteiger partial charge in [0.05, 0.1) is 13.2 Å². The van der Waals surface area contributed by atoms with Crippen LogP contribution < -0.4 is 15.2 Å². The smallest absolute Gasteiger partial charge is 0.164 e. The van der Waals surface area contributed by atoms with Gasteiger partial charge in [0.1, 0.15) is 5.75 Å². The van der Waals surface area contributed by atoms with Gasteiger partial charge in [0, 0.05) is 22.7 Å². The average molecular weight is 263 g/mol. The van der Waals surface area contributed by atoms with E-state index >= 15 is 0 Å². The van der Waals surface area contributed by atoms with Crippen molar-refractivity contribution in [2.45, 2.75) is 45.1 Å². The van der Waals surface area contributed by atoms with Gasteiger partial charge in [0.25, 0.3) is 0 Å². The van der Waals surface area contributed by atoms with E-state index in [0.29, 0.717) is 12.4 Å². The minimum absolute atomic E-state index is 0.0743. The lowest BCUT2D eigenvalue weighted by molar-refractivity contribution is 0.253. The summed E-state index contributed by atoms with van der Waals surface area (Å²) in [5.41, 5.74) is 9.12. The topological polar surface area (TPSA) is 64.7 Å². The van der Waals surface area contributed by atoms with Crippen molar-refractivity contribution in [2.75, 3.05) is 13.2 Å². The zero-order valence-corrected chi connectivity index (χ0v) is 11.4. The number of fused-ring (bicyclic) bond motifs is 2. The van der Waals surface area contributed by atoms with E-state index in [-0.39, 0.29) is 11.8 Å². The SMILES string of the molecule is CC(N)Cc1c2c(c(O)c3c1OCCC3)OCCC2. The summed E-state index contributed by atoms with van der Waals surface area (Å²) < 4.78 is 11.5. The Balaban J connectivity index is 2.18. The second kappa shape index (κ2) is 4.93. The molecule has 3 rings (SSSR count). The van der Waals surface area contributed by atoms with Gasteiger partial charge in [-0.15, -0.1) is 0 Å². The third kappa shape index (κ3) is 2.14. The first-order valence-electron chi connectivity index (χ1n) is 7.09. The molecule has 4 heteroatoms. The van der Waals surface area contributed by atoms with Crippen molar-refractivity contribution in [2.24, 2.45) is 5.73 Å². The molecule has 0 amide bonds. The van der Waals surface area contributed by atoms with E-state index in [4.69, 9.17) is 15.2 Å². The molecule has 3 N–H and O–H groups in total. The quantitative estimate of drug-likeness (QED) is 0.855. The molecule has 2 aliphatic rings. The van der Waals surface area contributed by atoms with Gasteiger partial charge in [-0.25, -0.2) is 0 Å². The van der Waals surface area contributed by atoms with Gasteiger partial charge in [0.15, 0.2) is 11.5 Å². The first-order chi connectivity index (χ1) is 9.18. The van der Waals surface area contributed by atoms with Gasteiger partial charge in [-0.2, -0.15) is 0 Å². The second-order valence-electron chi connectivity index (χ2n) is 5.53. The fraction of sp³-hybridized carbons (Fsp3) is 0.600. The van der Waals surface area contributed by atoms with Gasteiger partial charge >= 0.3 is 0 Å². The molecule has 0 saturated carbocycles. The molecule has 1 aromatic carbocycles. The highest BCUT2D eigenvalue weighted by atomic mass is 16.5. The number of hydrogen-bond donors (Lipinski definition) is 2. The minimum atomic E-state index is 0.0743. The van der Waals surface area contributed by atoms with Crippen LogP contribution >= 0.6 is 0 Å². The number of benzene rings is 1. The zero-order valence-electron chi connectivity index (χ0n) is 11.4. The van der Waals surface area contributed by atoms with Crippen molar-refractivity contribution >= 4 is 0 Å². The molecular weight excluding hydrogens is 242 g/mol. The Labute approximate surface area is 113 Å². The molecule has 2 aliphatic heterocycles. The van der Waals surface area contributed by atoms with Crippen LogP contribution in [0.5, 0.6) is 17.2 Å². The number of aromatic hydroxyl groups is 1. The van der Waals surface area contributed by atoms with E-state index in [1.54, 1.807) is 0 Å². The Hall–Kier alpha value is -1.42. The molecule has 1 aromatic rings. The summed E-state index contributed by atoms with van der Waals surface area (Å²) in [5.74, 6) is 1.83. The molecule has 0 aromatic heterocycles. The first kappa shape index (κ1) is 12.6. The predicted octanol–water partition coefficient (Wildman–Crippen LogP) is 1.93. The maximum atomic E-state index is 10.4. The van der Waals surface area contributed by atoms with Crippen molar-refractivity contribution in [3.63, 3.8) is 0 Å². The van der Waals surface area contributed by atoms with Crippen LogP contribution in [0, 0.1) is 0 Å². The Morgan fingerprint density at radius 2 is 1.74 bits per heavy atom. The molecule has 0 spiro atoms. The van der Waals surface area contributed by atoms with Crippen LogP contribution in [0.3, 0.4) is 0 Å². The van der Waals surface area contributed by atoms with E-state index in [1.165, 1.54) is 0 Å². The number of nitrogens with two attached hydrogens (primary N) is 1. The van der Waals surface area contributed by atoms with Crippen LogP contribution in [0.1, 0.15) is 36.5 Å². The molecule has 4 nitrogen and oxygen atoms in total. The summed E-state index contributed by atoms with van der Waals surface area (Å²) in [6.45, 7) is 3.40. The number of ether oxygens (including phenoxy) is 2. The summed E-state index contributed by atoms with van der Waals surface area (Å²) >= 11 is 0. The fourth-order valence-corrected chi connectivity index (χ4v) is 3.05. The van der Waals surface area contributed by atoms with Gasteiger partial charge in [-0.1, -0.05) is 0 Å². The molecule has 0 bridgehead atoms. The molecular formula is C15H21NO3.